The van der Waals surface area contributed by atoms with Crippen molar-refractivity contribution in [3.8, 4) is 0 Å². The van der Waals surface area contributed by atoms with E-state index in [0.717, 1.165) is 65.9 Å². The molecule has 166 valence electrons. The SMILES string of the molecule is CCn1nc(C)c2c(NC3CC(C(=O)O)C3)c(C3=NOC4(CCC(O)CC4)C3)cnc21. The summed E-state index contributed by atoms with van der Waals surface area (Å²) in [6, 6.07) is 0.0940. The van der Waals surface area contributed by atoms with Gasteiger partial charge >= 0.3 is 5.97 Å². The second kappa shape index (κ2) is 7.47. The number of carboxylic acid groups (broad SMARTS) is 1. The number of aliphatic hydroxyl groups excluding tert-OH is 1. The van der Waals surface area contributed by atoms with E-state index in [4.69, 9.17) is 9.82 Å². The van der Waals surface area contributed by atoms with Crippen LogP contribution in [0.5, 0.6) is 0 Å². The lowest BCUT2D eigenvalue weighted by molar-refractivity contribution is -0.144. The van der Waals surface area contributed by atoms with E-state index in [1.54, 1.807) is 0 Å². The van der Waals surface area contributed by atoms with Crippen molar-refractivity contribution < 1.29 is 19.8 Å². The first kappa shape index (κ1) is 20.2. The Morgan fingerprint density at radius 3 is 2.77 bits per heavy atom. The Hall–Kier alpha value is -2.68. The Morgan fingerprint density at radius 1 is 1.35 bits per heavy atom. The number of aliphatic carboxylic acids is 1. The summed E-state index contributed by atoms with van der Waals surface area (Å²) in [5.74, 6) is -1.02. The maximum Gasteiger partial charge on any atom is 0.306 e. The number of carbonyl (C=O) groups is 1. The molecule has 3 aliphatic rings. The van der Waals surface area contributed by atoms with Crippen molar-refractivity contribution in [1.29, 1.82) is 0 Å². The van der Waals surface area contributed by atoms with E-state index in [2.05, 4.69) is 15.6 Å². The van der Waals surface area contributed by atoms with Gasteiger partial charge in [0.15, 0.2) is 5.65 Å². The number of aryl methyl sites for hydroxylation is 2. The maximum absolute atomic E-state index is 11.3. The van der Waals surface area contributed by atoms with Crippen molar-refractivity contribution in [2.75, 3.05) is 5.32 Å². The predicted molar refractivity (Wildman–Crippen MR) is 115 cm³/mol. The number of nitrogens with one attached hydrogen (secondary N) is 1. The first-order valence-corrected chi connectivity index (χ1v) is 11.2. The van der Waals surface area contributed by atoms with E-state index >= 15 is 0 Å². The van der Waals surface area contributed by atoms with Gasteiger partial charge in [0.1, 0.15) is 5.60 Å². The van der Waals surface area contributed by atoms with Crippen molar-refractivity contribution in [3.05, 3.63) is 17.5 Å². The van der Waals surface area contributed by atoms with E-state index in [0.29, 0.717) is 19.3 Å². The molecule has 0 unspecified atom stereocenters. The number of pyridine rings is 1. The van der Waals surface area contributed by atoms with E-state index in [9.17, 15) is 15.0 Å². The minimum Gasteiger partial charge on any atom is -0.481 e. The highest BCUT2D eigenvalue weighted by molar-refractivity contribution is 6.11. The molecule has 2 fully saturated rings. The number of hydrogen-bond acceptors (Lipinski definition) is 7. The minimum absolute atomic E-state index is 0.0940. The summed E-state index contributed by atoms with van der Waals surface area (Å²) in [7, 11) is 0. The topological polar surface area (TPSA) is 122 Å². The highest BCUT2D eigenvalue weighted by Crippen LogP contribution is 2.42. The van der Waals surface area contributed by atoms with Crippen LogP contribution >= 0.6 is 0 Å². The van der Waals surface area contributed by atoms with Crippen LogP contribution in [0.2, 0.25) is 0 Å². The van der Waals surface area contributed by atoms with Gasteiger partial charge in [0, 0.05) is 30.8 Å². The smallest absolute Gasteiger partial charge is 0.306 e. The van der Waals surface area contributed by atoms with Crippen LogP contribution in [0.15, 0.2) is 11.4 Å². The summed E-state index contributed by atoms with van der Waals surface area (Å²) < 4.78 is 1.89. The molecular weight excluding hydrogens is 398 g/mol. The van der Waals surface area contributed by atoms with Gasteiger partial charge in [-0.3, -0.25) is 4.79 Å². The fourth-order valence-electron chi connectivity index (χ4n) is 5.11. The van der Waals surface area contributed by atoms with Crippen LogP contribution in [0, 0.1) is 12.8 Å². The van der Waals surface area contributed by atoms with Gasteiger partial charge in [-0.2, -0.15) is 5.10 Å². The van der Waals surface area contributed by atoms with Gasteiger partial charge in [0.2, 0.25) is 0 Å². The van der Waals surface area contributed by atoms with Crippen molar-refractivity contribution in [3.63, 3.8) is 0 Å². The van der Waals surface area contributed by atoms with Crippen molar-refractivity contribution in [1.82, 2.24) is 14.8 Å². The zero-order valence-electron chi connectivity index (χ0n) is 18.0. The number of aliphatic hydroxyl groups is 1. The second-order valence-electron chi connectivity index (χ2n) is 9.21. The molecular formula is C22H29N5O4. The molecule has 0 atom stereocenters. The van der Waals surface area contributed by atoms with Crippen LogP contribution < -0.4 is 5.32 Å². The molecule has 2 saturated carbocycles. The average molecular weight is 428 g/mol. The van der Waals surface area contributed by atoms with Gasteiger partial charge in [-0.05, 0) is 52.4 Å². The zero-order chi connectivity index (χ0) is 21.8. The highest BCUT2D eigenvalue weighted by Gasteiger charge is 2.43. The molecule has 0 bridgehead atoms. The summed E-state index contributed by atoms with van der Waals surface area (Å²) in [6.45, 7) is 4.73. The van der Waals surface area contributed by atoms with Gasteiger partial charge < -0.3 is 20.4 Å². The van der Waals surface area contributed by atoms with E-state index < -0.39 is 5.97 Å². The lowest BCUT2D eigenvalue weighted by Crippen LogP contribution is -2.40. The van der Waals surface area contributed by atoms with Crippen LogP contribution in [-0.4, -0.2) is 54.4 Å². The molecule has 0 radical (unpaired) electrons. The normalized spacial score (nSPS) is 30.2. The van der Waals surface area contributed by atoms with Crippen LogP contribution in [0.1, 0.15) is 63.1 Å². The van der Waals surface area contributed by atoms with Gasteiger partial charge in [-0.25, -0.2) is 9.67 Å². The van der Waals surface area contributed by atoms with Crippen molar-refractivity contribution >= 4 is 28.4 Å². The van der Waals surface area contributed by atoms with Crippen molar-refractivity contribution in [2.45, 2.75) is 83.1 Å². The minimum atomic E-state index is -0.733. The number of oxime groups is 1. The first-order chi connectivity index (χ1) is 14.9. The highest BCUT2D eigenvalue weighted by atomic mass is 16.7. The number of fused-ring (bicyclic) bond motifs is 1. The second-order valence-corrected chi connectivity index (χ2v) is 9.21. The average Bonchev–Trinajstić information content (AvgIpc) is 3.28. The predicted octanol–water partition coefficient (Wildman–Crippen LogP) is 2.83. The van der Waals surface area contributed by atoms with Gasteiger partial charge in [0.05, 0.1) is 34.5 Å². The molecule has 2 aromatic rings. The molecule has 3 heterocycles. The molecule has 0 saturated heterocycles. The number of carboxylic acids is 1. The third-order valence-electron chi connectivity index (χ3n) is 7.09. The van der Waals surface area contributed by atoms with E-state index in [-0.39, 0.29) is 23.7 Å². The third-order valence-corrected chi connectivity index (χ3v) is 7.09. The van der Waals surface area contributed by atoms with Crippen molar-refractivity contribution in [2.24, 2.45) is 11.1 Å². The molecule has 5 rings (SSSR count). The molecule has 0 aromatic carbocycles. The third kappa shape index (κ3) is 3.44. The number of aromatic nitrogens is 3. The first-order valence-electron chi connectivity index (χ1n) is 11.2. The van der Waals surface area contributed by atoms with E-state index in [1.807, 2.05) is 24.7 Å². The van der Waals surface area contributed by atoms with E-state index in [1.165, 1.54) is 0 Å². The van der Waals surface area contributed by atoms with Crippen LogP contribution in [0.25, 0.3) is 11.0 Å². The Labute approximate surface area is 180 Å². The molecule has 9 heteroatoms. The summed E-state index contributed by atoms with van der Waals surface area (Å²) >= 11 is 0. The molecule has 0 amide bonds. The number of hydrogen-bond donors (Lipinski definition) is 3. The number of nitrogens with zero attached hydrogens (tertiary/aromatic N) is 4. The fourth-order valence-corrected chi connectivity index (χ4v) is 5.11. The van der Waals surface area contributed by atoms with Crippen LogP contribution in [0.3, 0.4) is 0 Å². The summed E-state index contributed by atoms with van der Waals surface area (Å²) in [6.07, 6.45) is 6.50. The Bertz CT molecular complexity index is 1050. The van der Waals surface area contributed by atoms with Crippen LogP contribution in [0.4, 0.5) is 5.69 Å². The monoisotopic (exact) mass is 427 g/mol. The summed E-state index contributed by atoms with van der Waals surface area (Å²) in [5.41, 5.74) is 4.03. The molecule has 2 aromatic heterocycles. The lowest BCUT2D eigenvalue weighted by atomic mass is 9.79. The molecule has 1 spiro atoms. The Kier molecular flexibility index (Phi) is 4.88. The quantitative estimate of drug-likeness (QED) is 0.671. The largest absolute Gasteiger partial charge is 0.481 e. The van der Waals surface area contributed by atoms with Gasteiger partial charge in [-0.15, -0.1) is 0 Å². The molecule has 31 heavy (non-hydrogen) atoms. The fraction of sp³-hybridized carbons (Fsp3) is 0.636. The van der Waals surface area contributed by atoms with Gasteiger partial charge in [-0.1, -0.05) is 5.16 Å². The standard InChI is InChI=1S/C22H29N5O4/c1-3-27-20-18(12(2)25-27)19(24-14-8-13(9-14)21(29)30)16(11-23-20)17-10-22(31-26-17)6-4-15(28)5-7-22/h11,13-15,28H,3-10H2,1-2H3,(H,23,24)(H,29,30). The lowest BCUT2D eigenvalue weighted by Gasteiger charge is -2.34. The Balaban J connectivity index is 1.49. The molecule has 9 nitrogen and oxygen atoms in total. The van der Waals surface area contributed by atoms with Crippen LogP contribution in [-0.2, 0) is 16.2 Å². The maximum atomic E-state index is 11.3. The summed E-state index contributed by atoms with van der Waals surface area (Å²) in [5, 5.41) is 32.8. The Morgan fingerprint density at radius 2 is 2.10 bits per heavy atom. The summed E-state index contributed by atoms with van der Waals surface area (Å²) in [4.78, 5) is 21.9. The number of anilines is 1. The van der Waals surface area contributed by atoms with Gasteiger partial charge in [0.25, 0.3) is 0 Å². The zero-order valence-corrected chi connectivity index (χ0v) is 18.0. The molecule has 2 aliphatic carbocycles. The number of rotatable bonds is 5. The molecule has 3 N–H and O–H groups in total. The molecule has 1 aliphatic heterocycles.